The maximum atomic E-state index is 14.2. The van der Waals surface area contributed by atoms with Crippen molar-refractivity contribution < 1.29 is 19.1 Å². The number of benzene rings is 2. The summed E-state index contributed by atoms with van der Waals surface area (Å²) < 4.78 is 6.52. The van der Waals surface area contributed by atoms with Gasteiger partial charge in [0.2, 0.25) is 17.7 Å². The molecule has 1 saturated carbocycles. The number of fused-ring (bicyclic) bond motifs is 1. The summed E-state index contributed by atoms with van der Waals surface area (Å²) in [6, 6.07) is 15.3. The Balaban J connectivity index is 1.25. The quantitative estimate of drug-likeness (QED) is 0.446. The summed E-state index contributed by atoms with van der Waals surface area (Å²) >= 11 is 0. The summed E-state index contributed by atoms with van der Waals surface area (Å²) in [5, 5.41) is 6.30. The molecule has 0 aromatic heterocycles. The maximum absolute atomic E-state index is 14.2. The number of carbonyl (C=O) groups is 3. The predicted octanol–water partition coefficient (Wildman–Crippen LogP) is 3.97. The van der Waals surface area contributed by atoms with Crippen LogP contribution in [0.3, 0.4) is 0 Å². The fourth-order valence-electron chi connectivity index (χ4n) is 7.33. The molecule has 2 saturated heterocycles. The number of rotatable bonds is 9. The van der Waals surface area contributed by atoms with Crippen LogP contribution in [0.25, 0.3) is 0 Å². The molecule has 3 heterocycles. The van der Waals surface area contributed by atoms with Crippen molar-refractivity contribution in [3.63, 3.8) is 0 Å². The molecule has 222 valence electrons. The van der Waals surface area contributed by atoms with Crippen LogP contribution in [0.5, 0.6) is 0 Å². The van der Waals surface area contributed by atoms with E-state index in [4.69, 9.17) is 4.74 Å². The van der Waals surface area contributed by atoms with Crippen LogP contribution in [0.1, 0.15) is 48.8 Å². The highest BCUT2D eigenvalue weighted by atomic mass is 16.5. The Kier molecular flexibility index (Phi) is 7.94. The zero-order valence-electron chi connectivity index (χ0n) is 24.8. The Hall–Kier alpha value is -3.49. The molecule has 6 rings (SSSR count). The molecular weight excluding hydrogens is 528 g/mol. The third kappa shape index (κ3) is 5.26. The van der Waals surface area contributed by atoms with Gasteiger partial charge in [-0.15, -0.1) is 0 Å². The van der Waals surface area contributed by atoms with Crippen LogP contribution < -0.4 is 10.6 Å². The Morgan fingerprint density at radius 2 is 1.79 bits per heavy atom. The number of carbonyl (C=O) groups excluding carboxylic acids is 3. The highest BCUT2D eigenvalue weighted by molar-refractivity contribution is 6.02. The standard InChI is InChI=1S/C34H42N4O4/c1-22-14-15-26(20-23(22)2)36-31(39)28-27-16-17-34(42-27)29(28)33(41)38(19-18-37(3)21-24-10-6-4-7-11-24)30(34)32(40)35-25-12-8-5-9-13-25/h4,6-7,10-11,14-17,20,25,27-30H,5,8-9,12-13,18-19,21H2,1-3H3,(H,35,40)(H,36,39). The van der Waals surface area contributed by atoms with Gasteiger partial charge < -0.3 is 25.2 Å². The second-order valence-electron chi connectivity index (χ2n) is 12.6. The molecule has 2 bridgehead atoms. The summed E-state index contributed by atoms with van der Waals surface area (Å²) in [5.74, 6) is -2.06. The Morgan fingerprint density at radius 1 is 1.02 bits per heavy atom. The number of likely N-dealkylation sites (tertiary alicyclic amines) is 1. The van der Waals surface area contributed by atoms with E-state index in [1.165, 1.54) is 12.0 Å². The van der Waals surface area contributed by atoms with Gasteiger partial charge in [0.1, 0.15) is 11.6 Å². The molecule has 42 heavy (non-hydrogen) atoms. The highest BCUT2D eigenvalue weighted by Gasteiger charge is 2.72. The summed E-state index contributed by atoms with van der Waals surface area (Å²) in [5.41, 5.74) is 2.95. The first kappa shape index (κ1) is 28.6. The molecular formula is C34H42N4O4. The molecule has 3 aliphatic heterocycles. The first-order valence-corrected chi connectivity index (χ1v) is 15.4. The van der Waals surface area contributed by atoms with Crippen molar-refractivity contribution in [2.45, 2.75) is 76.3 Å². The minimum atomic E-state index is -1.15. The number of aryl methyl sites for hydroxylation is 2. The van der Waals surface area contributed by atoms with Crippen LogP contribution in [0.2, 0.25) is 0 Å². The van der Waals surface area contributed by atoms with Crippen LogP contribution in [0, 0.1) is 25.7 Å². The van der Waals surface area contributed by atoms with Crippen molar-refractivity contribution in [1.29, 1.82) is 0 Å². The number of hydrogen-bond acceptors (Lipinski definition) is 5. The van der Waals surface area contributed by atoms with Crippen LogP contribution in [0.15, 0.2) is 60.7 Å². The lowest BCUT2D eigenvalue weighted by atomic mass is 9.74. The predicted molar refractivity (Wildman–Crippen MR) is 162 cm³/mol. The molecule has 3 amide bonds. The average molecular weight is 571 g/mol. The van der Waals surface area contributed by atoms with Gasteiger partial charge in [-0.25, -0.2) is 0 Å². The Morgan fingerprint density at radius 3 is 2.52 bits per heavy atom. The molecule has 3 fully saturated rings. The van der Waals surface area contributed by atoms with Crippen molar-refractivity contribution in [3.8, 4) is 0 Å². The van der Waals surface area contributed by atoms with Crippen molar-refractivity contribution in [1.82, 2.24) is 15.1 Å². The summed E-state index contributed by atoms with van der Waals surface area (Å²) in [4.78, 5) is 45.9. The second kappa shape index (κ2) is 11.7. The molecule has 8 nitrogen and oxygen atoms in total. The van der Waals surface area contributed by atoms with Gasteiger partial charge in [0.25, 0.3) is 0 Å². The number of nitrogens with one attached hydrogen (secondary N) is 2. The van der Waals surface area contributed by atoms with E-state index < -0.39 is 29.6 Å². The van der Waals surface area contributed by atoms with Gasteiger partial charge in [0.15, 0.2) is 0 Å². The maximum Gasteiger partial charge on any atom is 0.246 e. The largest absolute Gasteiger partial charge is 0.359 e. The number of anilines is 1. The number of likely N-dealkylation sites (N-methyl/N-ethyl adjacent to an activating group) is 1. The normalized spacial score (nSPS) is 28.4. The molecule has 2 aromatic rings. The minimum absolute atomic E-state index is 0.103. The second-order valence-corrected chi connectivity index (χ2v) is 12.6. The lowest BCUT2D eigenvalue weighted by Crippen LogP contribution is -2.57. The van der Waals surface area contributed by atoms with Crippen LogP contribution in [0.4, 0.5) is 5.69 Å². The fraction of sp³-hybridized carbons (Fsp3) is 0.500. The van der Waals surface area contributed by atoms with E-state index in [0.29, 0.717) is 18.8 Å². The summed E-state index contributed by atoms with van der Waals surface area (Å²) in [6.07, 6.45) is 8.49. The topological polar surface area (TPSA) is 91.0 Å². The molecule has 2 N–H and O–H groups in total. The van der Waals surface area contributed by atoms with Crippen molar-refractivity contribution in [2.75, 3.05) is 25.5 Å². The van der Waals surface area contributed by atoms with Gasteiger partial charge in [0, 0.05) is 31.4 Å². The first-order valence-electron chi connectivity index (χ1n) is 15.4. The van der Waals surface area contributed by atoms with Crippen LogP contribution in [-0.2, 0) is 25.7 Å². The summed E-state index contributed by atoms with van der Waals surface area (Å²) in [6.45, 7) is 5.72. The van der Waals surface area contributed by atoms with E-state index in [2.05, 4.69) is 27.7 Å². The van der Waals surface area contributed by atoms with Crippen molar-refractivity contribution in [2.24, 2.45) is 11.8 Å². The van der Waals surface area contributed by atoms with E-state index in [-0.39, 0.29) is 23.8 Å². The van der Waals surface area contributed by atoms with Gasteiger partial charge >= 0.3 is 0 Å². The number of nitrogens with zero attached hydrogens (tertiary/aromatic N) is 2. The lowest BCUT2D eigenvalue weighted by Gasteiger charge is -2.34. The molecule has 0 radical (unpaired) electrons. The zero-order valence-corrected chi connectivity index (χ0v) is 24.8. The monoisotopic (exact) mass is 570 g/mol. The molecule has 8 heteroatoms. The summed E-state index contributed by atoms with van der Waals surface area (Å²) in [7, 11) is 2.02. The lowest BCUT2D eigenvalue weighted by molar-refractivity contribution is -0.141. The third-order valence-corrected chi connectivity index (χ3v) is 9.67. The van der Waals surface area contributed by atoms with E-state index in [1.807, 2.05) is 69.4 Å². The molecule has 1 aliphatic carbocycles. The number of hydrogen-bond donors (Lipinski definition) is 2. The van der Waals surface area contributed by atoms with Gasteiger partial charge in [-0.2, -0.15) is 0 Å². The SMILES string of the molecule is Cc1ccc(NC(=O)C2C3C=CC4(O3)C2C(=O)N(CCN(C)Cc2ccccc2)C4C(=O)NC2CCCCC2)cc1C. The average Bonchev–Trinajstić information content (AvgIpc) is 3.62. The van der Waals surface area contributed by atoms with Crippen molar-refractivity contribution in [3.05, 3.63) is 77.4 Å². The van der Waals surface area contributed by atoms with Crippen LogP contribution >= 0.6 is 0 Å². The zero-order chi connectivity index (χ0) is 29.4. The Bertz CT molecular complexity index is 1370. The minimum Gasteiger partial charge on any atom is -0.359 e. The van der Waals surface area contributed by atoms with E-state index in [1.54, 1.807) is 4.90 Å². The molecule has 1 spiro atoms. The highest BCUT2D eigenvalue weighted by Crippen LogP contribution is 2.55. The molecule has 4 aliphatic rings. The first-order chi connectivity index (χ1) is 20.3. The fourth-order valence-corrected chi connectivity index (χ4v) is 7.33. The van der Waals surface area contributed by atoms with Gasteiger partial charge in [-0.1, -0.05) is 67.8 Å². The number of ether oxygens (including phenoxy) is 1. The smallest absolute Gasteiger partial charge is 0.246 e. The van der Waals surface area contributed by atoms with Gasteiger partial charge in [-0.3, -0.25) is 14.4 Å². The van der Waals surface area contributed by atoms with Gasteiger partial charge in [0.05, 0.1) is 17.9 Å². The molecule has 5 atom stereocenters. The van der Waals surface area contributed by atoms with E-state index in [0.717, 1.165) is 43.4 Å². The Labute approximate surface area is 248 Å². The van der Waals surface area contributed by atoms with E-state index >= 15 is 0 Å². The molecule has 2 aromatic carbocycles. The van der Waals surface area contributed by atoms with E-state index in [9.17, 15) is 14.4 Å². The van der Waals surface area contributed by atoms with Gasteiger partial charge in [-0.05, 0) is 62.6 Å². The molecule has 5 unspecified atom stereocenters. The van der Waals surface area contributed by atoms with Crippen molar-refractivity contribution >= 4 is 23.4 Å². The van der Waals surface area contributed by atoms with Crippen LogP contribution in [-0.4, -0.2) is 71.4 Å². The number of amides is 3. The third-order valence-electron chi connectivity index (χ3n) is 9.67.